The van der Waals surface area contributed by atoms with Crippen LogP contribution in [0.4, 0.5) is 0 Å². The minimum atomic E-state index is -0.500. The fourth-order valence-electron chi connectivity index (χ4n) is 2.07. The van der Waals surface area contributed by atoms with Gasteiger partial charge in [-0.1, -0.05) is 0 Å². The van der Waals surface area contributed by atoms with Crippen molar-refractivity contribution in [1.29, 1.82) is 0 Å². The van der Waals surface area contributed by atoms with E-state index in [9.17, 15) is 4.79 Å². The molecule has 0 unspecified atom stereocenters. The van der Waals surface area contributed by atoms with Crippen molar-refractivity contribution in [2.75, 3.05) is 6.61 Å². The van der Waals surface area contributed by atoms with Crippen LogP contribution in [0.5, 0.6) is 0 Å². The molecule has 2 aromatic rings. The van der Waals surface area contributed by atoms with E-state index in [1.165, 1.54) is 0 Å². The molecule has 1 aromatic heterocycles. The number of ether oxygens (including phenoxy) is 1. The Bertz CT molecular complexity index is 721. The quantitative estimate of drug-likeness (QED) is 0.699. The number of carbonyl (C=O) groups excluding carboxylic acids is 1. The summed E-state index contributed by atoms with van der Waals surface area (Å²) in [6.07, 6.45) is 0.282. The molecular formula is C19H27BrClNO3. The van der Waals surface area contributed by atoms with Crippen LogP contribution in [0.15, 0.2) is 22.7 Å². The third-order valence-electron chi connectivity index (χ3n) is 3.02. The van der Waals surface area contributed by atoms with Crippen molar-refractivity contribution in [3.05, 3.63) is 39.5 Å². The van der Waals surface area contributed by atoms with Gasteiger partial charge in [-0.25, -0.2) is 0 Å². The molecule has 0 fully saturated rings. The van der Waals surface area contributed by atoms with Crippen LogP contribution >= 0.6 is 28.3 Å². The number of hydrogen-bond acceptors (Lipinski definition) is 4. The number of nitrogens with zero attached hydrogens (tertiary/aromatic N) is 1. The van der Waals surface area contributed by atoms with E-state index in [1.54, 1.807) is 20.8 Å². The Kier molecular flexibility index (Phi) is 9.62. The van der Waals surface area contributed by atoms with Gasteiger partial charge in [-0.05, 0) is 86.8 Å². The second-order valence-corrected chi connectivity index (χ2v) is 7.45. The first kappa shape index (κ1) is 23.8. The Morgan fingerprint density at radius 1 is 1.28 bits per heavy atom. The maximum absolute atomic E-state index is 11.6. The van der Waals surface area contributed by atoms with Crippen LogP contribution in [0, 0.1) is 13.8 Å². The highest BCUT2D eigenvalue weighted by atomic mass is 79.9. The zero-order valence-electron chi connectivity index (χ0n) is 15.6. The van der Waals surface area contributed by atoms with Gasteiger partial charge in [0.1, 0.15) is 0 Å². The molecule has 0 atom stereocenters. The van der Waals surface area contributed by atoms with Gasteiger partial charge in [-0.15, -0.1) is 12.4 Å². The first-order chi connectivity index (χ1) is 11.0. The van der Waals surface area contributed by atoms with Crippen molar-refractivity contribution in [2.45, 2.75) is 53.6 Å². The van der Waals surface area contributed by atoms with Crippen molar-refractivity contribution >= 4 is 45.2 Å². The van der Waals surface area contributed by atoms with Crippen molar-refractivity contribution in [1.82, 2.24) is 4.98 Å². The summed E-state index contributed by atoms with van der Waals surface area (Å²) < 4.78 is 5.94. The number of benzene rings is 1. The minimum Gasteiger partial charge on any atom is -0.466 e. The molecule has 0 spiro atoms. The van der Waals surface area contributed by atoms with E-state index in [1.807, 2.05) is 39.0 Å². The fraction of sp³-hybridized carbons (Fsp3) is 0.474. The van der Waals surface area contributed by atoms with E-state index in [4.69, 9.17) is 9.84 Å². The maximum Gasteiger partial charge on any atom is 0.310 e. The van der Waals surface area contributed by atoms with Crippen molar-refractivity contribution < 1.29 is 14.6 Å². The number of carbonyl (C=O) groups is 1. The second kappa shape index (κ2) is 10.1. The second-order valence-electron chi connectivity index (χ2n) is 6.66. The number of fused-ring (bicyclic) bond motifs is 1. The van der Waals surface area contributed by atoms with Crippen LogP contribution in [-0.2, 0) is 16.0 Å². The summed E-state index contributed by atoms with van der Waals surface area (Å²) in [6, 6.07) is 6.01. The smallest absolute Gasteiger partial charge is 0.310 e. The predicted molar refractivity (Wildman–Crippen MR) is 108 cm³/mol. The number of esters is 1. The topological polar surface area (TPSA) is 59.4 Å². The molecule has 1 aromatic carbocycles. The molecule has 0 aliphatic carbocycles. The molecule has 0 amide bonds. The van der Waals surface area contributed by atoms with Gasteiger partial charge in [0, 0.05) is 15.6 Å². The van der Waals surface area contributed by atoms with Gasteiger partial charge in [0.05, 0.1) is 24.1 Å². The zero-order chi connectivity index (χ0) is 18.5. The molecule has 1 N–H and O–H groups in total. The number of halogens is 2. The highest BCUT2D eigenvalue weighted by Crippen LogP contribution is 2.30. The number of pyridine rings is 1. The molecule has 6 heteroatoms. The van der Waals surface area contributed by atoms with E-state index < -0.39 is 5.60 Å². The van der Waals surface area contributed by atoms with Gasteiger partial charge in [0.15, 0.2) is 0 Å². The SMILES string of the molecule is CC(C)(C)O.CCOC(=O)Cc1c(C)cc2nc(C)ccc2c1Br.Cl. The molecule has 25 heavy (non-hydrogen) atoms. The monoisotopic (exact) mass is 431 g/mol. The third kappa shape index (κ3) is 8.17. The summed E-state index contributed by atoms with van der Waals surface area (Å²) in [6.45, 7) is 11.4. The van der Waals surface area contributed by atoms with Gasteiger partial charge in [0.25, 0.3) is 0 Å². The van der Waals surface area contributed by atoms with Crippen LogP contribution in [0.25, 0.3) is 10.9 Å². The van der Waals surface area contributed by atoms with E-state index in [0.29, 0.717) is 6.61 Å². The third-order valence-corrected chi connectivity index (χ3v) is 3.93. The van der Waals surface area contributed by atoms with Gasteiger partial charge >= 0.3 is 5.97 Å². The largest absolute Gasteiger partial charge is 0.466 e. The lowest BCUT2D eigenvalue weighted by molar-refractivity contribution is -0.142. The van der Waals surface area contributed by atoms with Crippen molar-refractivity contribution in [3.8, 4) is 0 Å². The molecule has 0 bridgehead atoms. The minimum absolute atomic E-state index is 0. The number of hydrogen-bond donors (Lipinski definition) is 1. The standard InChI is InChI=1S/C15H16BrNO2.C4H10O.ClH/c1-4-19-14(18)8-12-9(2)7-13-11(15(12)16)6-5-10(3)17-13;1-4(2,3)5;/h5-7H,4,8H2,1-3H3;5H,1-3H3;1H. The first-order valence-electron chi connectivity index (χ1n) is 7.96. The molecular weight excluding hydrogens is 406 g/mol. The van der Waals surface area contributed by atoms with Gasteiger partial charge in [0.2, 0.25) is 0 Å². The van der Waals surface area contributed by atoms with Crippen LogP contribution in [-0.4, -0.2) is 28.3 Å². The van der Waals surface area contributed by atoms with E-state index in [0.717, 1.165) is 32.2 Å². The number of rotatable bonds is 3. The van der Waals surface area contributed by atoms with Crippen molar-refractivity contribution in [2.24, 2.45) is 0 Å². The average molecular weight is 433 g/mol. The van der Waals surface area contributed by atoms with Gasteiger partial charge in [-0.2, -0.15) is 0 Å². The number of aliphatic hydroxyl groups is 1. The summed E-state index contributed by atoms with van der Waals surface area (Å²) in [7, 11) is 0. The molecule has 0 aliphatic rings. The van der Waals surface area contributed by atoms with Gasteiger partial charge in [-0.3, -0.25) is 9.78 Å². The molecule has 0 radical (unpaired) electrons. The lowest BCUT2D eigenvalue weighted by Gasteiger charge is -2.11. The molecule has 2 rings (SSSR count). The van der Waals surface area contributed by atoms with E-state index in [-0.39, 0.29) is 24.8 Å². The first-order valence-corrected chi connectivity index (χ1v) is 8.75. The molecule has 0 aliphatic heterocycles. The number of aryl methyl sites for hydroxylation is 2. The fourth-order valence-corrected chi connectivity index (χ4v) is 2.86. The Hall–Kier alpha value is -1.17. The summed E-state index contributed by atoms with van der Waals surface area (Å²) >= 11 is 3.59. The average Bonchev–Trinajstić information content (AvgIpc) is 2.41. The van der Waals surface area contributed by atoms with Crippen LogP contribution in [0.1, 0.15) is 44.5 Å². The lowest BCUT2D eigenvalue weighted by atomic mass is 10.0. The summed E-state index contributed by atoms with van der Waals surface area (Å²) in [5.74, 6) is -0.203. The van der Waals surface area contributed by atoms with Crippen LogP contribution in [0.2, 0.25) is 0 Å². The maximum atomic E-state index is 11.6. The normalized spacial score (nSPS) is 10.6. The zero-order valence-corrected chi connectivity index (χ0v) is 18.0. The van der Waals surface area contributed by atoms with Gasteiger partial charge < -0.3 is 9.84 Å². The highest BCUT2D eigenvalue weighted by Gasteiger charge is 2.14. The van der Waals surface area contributed by atoms with Crippen LogP contribution < -0.4 is 0 Å². The molecule has 140 valence electrons. The summed E-state index contributed by atoms with van der Waals surface area (Å²) in [5.41, 5.74) is 3.44. The Morgan fingerprint density at radius 2 is 1.84 bits per heavy atom. The predicted octanol–water partition coefficient (Wildman–Crippen LogP) is 4.92. The Morgan fingerprint density at radius 3 is 2.36 bits per heavy atom. The van der Waals surface area contributed by atoms with Crippen molar-refractivity contribution in [3.63, 3.8) is 0 Å². The highest BCUT2D eigenvalue weighted by molar-refractivity contribution is 9.10. The number of aromatic nitrogens is 1. The van der Waals surface area contributed by atoms with Crippen LogP contribution in [0.3, 0.4) is 0 Å². The molecule has 4 nitrogen and oxygen atoms in total. The Labute approximate surface area is 164 Å². The summed E-state index contributed by atoms with van der Waals surface area (Å²) in [5, 5.41) is 9.54. The lowest BCUT2D eigenvalue weighted by Crippen LogP contribution is -2.10. The molecule has 1 heterocycles. The van der Waals surface area contributed by atoms with E-state index in [2.05, 4.69) is 20.9 Å². The molecule has 0 saturated heterocycles. The Balaban J connectivity index is 0.000000848. The molecule has 0 saturated carbocycles. The summed E-state index contributed by atoms with van der Waals surface area (Å²) in [4.78, 5) is 16.2. The van der Waals surface area contributed by atoms with E-state index >= 15 is 0 Å².